The first-order valence-electron chi connectivity index (χ1n) is 8.16. The third-order valence-corrected chi connectivity index (χ3v) is 4.24. The van der Waals surface area contributed by atoms with Crippen LogP contribution in [0, 0.1) is 0 Å². The molecule has 6 nitrogen and oxygen atoms in total. The van der Waals surface area contributed by atoms with Gasteiger partial charge in [0, 0.05) is 16.6 Å². The van der Waals surface area contributed by atoms with Gasteiger partial charge in [-0.05, 0) is 42.0 Å². The Kier molecular flexibility index (Phi) is 3.85. The molecule has 0 saturated carbocycles. The minimum atomic E-state index is 0.408. The van der Waals surface area contributed by atoms with E-state index in [0.717, 1.165) is 45.0 Å². The summed E-state index contributed by atoms with van der Waals surface area (Å²) < 4.78 is 5.27. The number of anilines is 2. The maximum absolute atomic E-state index is 5.62. The molecule has 0 saturated heterocycles. The van der Waals surface area contributed by atoms with Crippen LogP contribution in [0.15, 0.2) is 61.3 Å². The summed E-state index contributed by atoms with van der Waals surface area (Å²) in [6.45, 7) is 4.14. The van der Waals surface area contributed by atoms with Gasteiger partial charge in [-0.15, -0.1) is 0 Å². The number of aromatic nitrogens is 3. The lowest BCUT2D eigenvalue weighted by Gasteiger charge is -2.08. The van der Waals surface area contributed by atoms with Crippen LogP contribution in [-0.2, 0) is 0 Å². The monoisotopic (exact) mass is 345 g/mol. The summed E-state index contributed by atoms with van der Waals surface area (Å²) in [6.07, 6.45) is 1.72. The summed E-state index contributed by atoms with van der Waals surface area (Å²) in [4.78, 5) is 10.4. The Morgan fingerprint density at radius 3 is 2.62 bits per heavy atom. The molecule has 2 aromatic carbocycles. The van der Waals surface area contributed by atoms with Crippen molar-refractivity contribution in [2.75, 3.05) is 18.2 Å². The molecular weight excluding hydrogens is 326 g/mol. The zero-order chi connectivity index (χ0) is 18.1. The highest BCUT2D eigenvalue weighted by atomic mass is 16.5. The van der Waals surface area contributed by atoms with Crippen molar-refractivity contribution in [3.63, 3.8) is 0 Å². The van der Waals surface area contributed by atoms with Crippen LogP contribution in [0.4, 0.5) is 11.6 Å². The summed E-state index contributed by atoms with van der Waals surface area (Å²) in [6, 6.07) is 15.9. The van der Waals surface area contributed by atoms with E-state index in [1.54, 1.807) is 13.3 Å². The van der Waals surface area contributed by atoms with Crippen LogP contribution < -0.4 is 15.8 Å². The van der Waals surface area contributed by atoms with Crippen LogP contribution in [0.1, 0.15) is 5.69 Å². The number of benzene rings is 2. The lowest BCUT2D eigenvalue weighted by atomic mass is 10.1. The predicted molar refractivity (Wildman–Crippen MR) is 106 cm³/mol. The van der Waals surface area contributed by atoms with Crippen LogP contribution in [0.25, 0.3) is 27.9 Å². The number of nitrogens with zero attached hydrogens (tertiary/aromatic N) is 1. The van der Waals surface area contributed by atoms with E-state index in [0.29, 0.717) is 5.95 Å². The number of nitrogens with two attached hydrogens (primary N) is 1. The number of nitrogens with one attached hydrogen (secondary N) is 3. The molecule has 0 spiro atoms. The van der Waals surface area contributed by atoms with Crippen molar-refractivity contribution in [2.24, 2.45) is 0 Å². The van der Waals surface area contributed by atoms with E-state index in [4.69, 9.17) is 10.5 Å². The average Bonchev–Trinajstić information content (AvgIpc) is 3.27. The van der Waals surface area contributed by atoms with E-state index in [-0.39, 0.29) is 0 Å². The van der Waals surface area contributed by atoms with Crippen molar-refractivity contribution in [1.82, 2.24) is 15.0 Å². The number of rotatable bonds is 5. The van der Waals surface area contributed by atoms with Crippen LogP contribution in [0.2, 0.25) is 0 Å². The number of hydrogen-bond acceptors (Lipinski definition) is 4. The van der Waals surface area contributed by atoms with Gasteiger partial charge < -0.3 is 25.8 Å². The van der Waals surface area contributed by atoms with Gasteiger partial charge in [-0.25, -0.2) is 4.98 Å². The molecule has 5 N–H and O–H groups in total. The van der Waals surface area contributed by atoms with Crippen molar-refractivity contribution in [3.8, 4) is 17.0 Å². The van der Waals surface area contributed by atoms with Crippen LogP contribution in [0.5, 0.6) is 5.75 Å². The summed E-state index contributed by atoms with van der Waals surface area (Å²) in [7, 11) is 1.66. The highest BCUT2D eigenvalue weighted by Gasteiger charge is 2.07. The molecule has 0 amide bonds. The van der Waals surface area contributed by atoms with Gasteiger partial charge in [0.1, 0.15) is 5.75 Å². The SMILES string of the molecule is C=C(Nc1ccc(-c2cnc(N)[nH]2)cc1)c1cc2cc(OC)ccc2[nH]1. The number of imidazole rings is 1. The normalized spacial score (nSPS) is 10.8. The van der Waals surface area contributed by atoms with Gasteiger partial charge in [0.25, 0.3) is 0 Å². The van der Waals surface area contributed by atoms with Crippen molar-refractivity contribution in [2.45, 2.75) is 0 Å². The Morgan fingerprint density at radius 2 is 1.92 bits per heavy atom. The second-order valence-electron chi connectivity index (χ2n) is 6.00. The van der Waals surface area contributed by atoms with Crippen molar-refractivity contribution in [1.29, 1.82) is 0 Å². The minimum Gasteiger partial charge on any atom is -0.497 e. The Hall–Kier alpha value is -3.67. The van der Waals surface area contributed by atoms with Crippen LogP contribution in [0.3, 0.4) is 0 Å². The molecule has 0 atom stereocenters. The average molecular weight is 345 g/mol. The van der Waals surface area contributed by atoms with Gasteiger partial charge in [-0.1, -0.05) is 18.7 Å². The summed E-state index contributed by atoms with van der Waals surface area (Å²) in [5.41, 5.74) is 11.2. The zero-order valence-electron chi connectivity index (χ0n) is 14.3. The number of fused-ring (bicyclic) bond motifs is 1. The molecule has 4 rings (SSSR count). The first-order chi connectivity index (χ1) is 12.6. The standard InChI is InChI=1S/C20H19N5O/c1-12(18-10-14-9-16(26-2)7-8-17(14)24-18)23-15-5-3-13(4-6-15)19-11-22-20(21)25-19/h3-11,23-24H,1H2,2H3,(H3,21,22,25). The Bertz CT molecular complexity index is 1080. The second-order valence-corrected chi connectivity index (χ2v) is 6.00. The van der Waals surface area contributed by atoms with E-state index < -0.39 is 0 Å². The maximum Gasteiger partial charge on any atom is 0.197 e. The molecular formula is C20H19N5O. The quantitative estimate of drug-likeness (QED) is 0.435. The Balaban J connectivity index is 1.52. The fourth-order valence-electron chi connectivity index (χ4n) is 2.86. The molecule has 130 valence electrons. The van der Waals surface area contributed by atoms with Crippen molar-refractivity contribution < 1.29 is 4.74 Å². The van der Waals surface area contributed by atoms with Crippen molar-refractivity contribution in [3.05, 3.63) is 67.0 Å². The zero-order valence-corrected chi connectivity index (χ0v) is 14.3. The number of nitrogen functional groups attached to an aromatic ring is 1. The van der Waals surface area contributed by atoms with E-state index in [1.807, 2.05) is 42.5 Å². The van der Waals surface area contributed by atoms with Gasteiger partial charge in [-0.2, -0.15) is 0 Å². The third kappa shape index (κ3) is 3.00. The Labute approximate surface area is 150 Å². The number of ether oxygens (including phenoxy) is 1. The number of aromatic amines is 2. The van der Waals surface area contributed by atoms with Crippen LogP contribution >= 0.6 is 0 Å². The first-order valence-corrected chi connectivity index (χ1v) is 8.16. The molecule has 2 aromatic heterocycles. The molecule has 0 unspecified atom stereocenters. The molecule has 4 aromatic rings. The van der Waals surface area contributed by atoms with E-state index in [9.17, 15) is 0 Å². The summed E-state index contributed by atoms with van der Waals surface area (Å²) in [5, 5.41) is 4.40. The van der Waals surface area contributed by atoms with Gasteiger partial charge in [0.05, 0.1) is 30.4 Å². The molecule has 0 aliphatic carbocycles. The molecule has 6 heteroatoms. The van der Waals surface area contributed by atoms with Gasteiger partial charge >= 0.3 is 0 Å². The molecule has 0 bridgehead atoms. The van der Waals surface area contributed by atoms with Crippen LogP contribution in [-0.4, -0.2) is 22.1 Å². The number of H-pyrrole nitrogens is 2. The third-order valence-electron chi connectivity index (χ3n) is 4.24. The van der Waals surface area contributed by atoms with Gasteiger partial charge in [0.15, 0.2) is 5.95 Å². The fourth-order valence-corrected chi connectivity index (χ4v) is 2.86. The number of methoxy groups -OCH3 is 1. The molecule has 0 radical (unpaired) electrons. The second kappa shape index (κ2) is 6.33. The summed E-state index contributed by atoms with van der Waals surface area (Å²) in [5.74, 6) is 1.24. The van der Waals surface area contributed by atoms with E-state index in [2.05, 4.69) is 32.9 Å². The van der Waals surface area contributed by atoms with E-state index in [1.165, 1.54) is 0 Å². The maximum atomic E-state index is 5.62. The first kappa shape index (κ1) is 15.8. The van der Waals surface area contributed by atoms with Crippen molar-refractivity contribution >= 4 is 28.2 Å². The van der Waals surface area contributed by atoms with Gasteiger partial charge in [-0.3, -0.25) is 0 Å². The lowest BCUT2D eigenvalue weighted by Crippen LogP contribution is -1.97. The molecule has 0 aliphatic rings. The largest absolute Gasteiger partial charge is 0.497 e. The topological polar surface area (TPSA) is 91.8 Å². The van der Waals surface area contributed by atoms with E-state index >= 15 is 0 Å². The highest BCUT2D eigenvalue weighted by Crippen LogP contribution is 2.26. The fraction of sp³-hybridized carbons (Fsp3) is 0.0500. The number of hydrogen-bond donors (Lipinski definition) is 4. The predicted octanol–water partition coefficient (Wildman–Crippen LogP) is 4.23. The molecule has 0 fully saturated rings. The molecule has 26 heavy (non-hydrogen) atoms. The molecule has 0 aliphatic heterocycles. The minimum absolute atomic E-state index is 0.408. The summed E-state index contributed by atoms with van der Waals surface area (Å²) >= 11 is 0. The van der Waals surface area contributed by atoms with Gasteiger partial charge in [0.2, 0.25) is 0 Å². The molecule has 2 heterocycles. The highest BCUT2D eigenvalue weighted by molar-refractivity contribution is 5.87. The smallest absolute Gasteiger partial charge is 0.197 e. The Morgan fingerprint density at radius 1 is 1.12 bits per heavy atom. The lowest BCUT2D eigenvalue weighted by molar-refractivity contribution is 0.415.